The Morgan fingerprint density at radius 1 is 1.47 bits per heavy atom. The largest absolute Gasteiger partial charge is 0.384 e. The number of ether oxygens (including phenoxy) is 1. The minimum atomic E-state index is -0.0678. The van der Waals surface area contributed by atoms with Gasteiger partial charge in [0, 0.05) is 31.2 Å². The molecule has 1 aliphatic rings. The van der Waals surface area contributed by atoms with Crippen LogP contribution >= 0.6 is 0 Å². The van der Waals surface area contributed by atoms with Gasteiger partial charge >= 0.3 is 0 Å². The third-order valence-electron chi connectivity index (χ3n) is 4.26. The van der Waals surface area contributed by atoms with E-state index in [1.54, 1.807) is 7.11 Å². The van der Waals surface area contributed by atoms with Crippen molar-refractivity contribution in [1.29, 1.82) is 0 Å². The lowest BCUT2D eigenvalue weighted by Crippen LogP contribution is -2.51. The summed E-state index contributed by atoms with van der Waals surface area (Å²) in [6, 6.07) is 1.32. The topological polar surface area (TPSA) is 67.6 Å². The number of nitrogens with two attached hydrogens (primary N) is 1. The van der Waals surface area contributed by atoms with E-state index in [1.165, 1.54) is 0 Å². The number of carbonyl (C=O) groups excluding carboxylic acids is 1. The number of amides is 1. The van der Waals surface area contributed by atoms with Crippen LogP contribution < -0.4 is 11.1 Å². The first-order chi connectivity index (χ1) is 8.99. The number of nitrogens with zero attached hydrogens (tertiary/aromatic N) is 1. The van der Waals surface area contributed by atoms with Crippen LogP contribution in [0.25, 0.3) is 0 Å². The van der Waals surface area contributed by atoms with Crippen LogP contribution in [0.4, 0.5) is 0 Å². The van der Waals surface area contributed by atoms with E-state index in [1.807, 2.05) is 0 Å². The van der Waals surface area contributed by atoms with Gasteiger partial charge in [-0.25, -0.2) is 0 Å². The van der Waals surface area contributed by atoms with E-state index in [-0.39, 0.29) is 18.5 Å². The lowest BCUT2D eigenvalue weighted by Gasteiger charge is -2.41. The maximum atomic E-state index is 11.5. The number of hydrogen-bond acceptors (Lipinski definition) is 4. The molecule has 112 valence electrons. The second-order valence-electron chi connectivity index (χ2n) is 5.82. The first-order valence-electron chi connectivity index (χ1n) is 7.19. The standard InChI is InChI=1S/C14H29N3O2/c1-10(2)17(3)12-5-6-13(16-14(18)8-15)11(7-12)9-19-4/h10-13H,5-9,15H2,1-4H3,(H,16,18)/t11-,12+,13-/m0/s1. The minimum absolute atomic E-state index is 0.0610. The van der Waals surface area contributed by atoms with Crippen molar-refractivity contribution in [2.24, 2.45) is 11.7 Å². The average molecular weight is 271 g/mol. The average Bonchev–Trinajstić information content (AvgIpc) is 2.39. The monoisotopic (exact) mass is 271 g/mol. The van der Waals surface area contributed by atoms with E-state index in [9.17, 15) is 4.79 Å². The number of hydrogen-bond donors (Lipinski definition) is 2. The molecule has 1 amide bonds. The summed E-state index contributed by atoms with van der Waals surface area (Å²) in [4.78, 5) is 13.9. The van der Waals surface area contributed by atoms with Crippen LogP contribution in [-0.4, -0.2) is 56.2 Å². The Labute approximate surface area is 116 Å². The minimum Gasteiger partial charge on any atom is -0.384 e. The molecule has 0 radical (unpaired) electrons. The maximum absolute atomic E-state index is 11.5. The normalized spacial score (nSPS) is 27.8. The van der Waals surface area contributed by atoms with Crippen LogP contribution in [-0.2, 0) is 9.53 Å². The zero-order valence-corrected chi connectivity index (χ0v) is 12.7. The summed E-state index contributed by atoms with van der Waals surface area (Å²) in [5.41, 5.74) is 5.37. The van der Waals surface area contributed by atoms with Crippen molar-refractivity contribution in [3.63, 3.8) is 0 Å². The summed E-state index contributed by atoms with van der Waals surface area (Å²) in [5, 5.41) is 3.03. The van der Waals surface area contributed by atoms with Gasteiger partial charge in [-0.3, -0.25) is 4.79 Å². The molecular formula is C14H29N3O2. The third kappa shape index (κ3) is 4.75. The molecule has 0 aliphatic heterocycles. The number of nitrogens with one attached hydrogen (secondary N) is 1. The van der Waals surface area contributed by atoms with Crippen molar-refractivity contribution in [1.82, 2.24) is 10.2 Å². The Hall–Kier alpha value is -0.650. The summed E-state index contributed by atoms with van der Waals surface area (Å²) < 4.78 is 5.31. The molecule has 1 aliphatic carbocycles. The predicted molar refractivity (Wildman–Crippen MR) is 76.9 cm³/mol. The van der Waals surface area contributed by atoms with Gasteiger partial charge in [0.2, 0.25) is 5.91 Å². The van der Waals surface area contributed by atoms with Gasteiger partial charge < -0.3 is 20.7 Å². The fourth-order valence-corrected chi connectivity index (χ4v) is 2.88. The Morgan fingerprint density at radius 2 is 2.16 bits per heavy atom. The molecule has 0 aromatic carbocycles. The third-order valence-corrected chi connectivity index (χ3v) is 4.26. The van der Waals surface area contributed by atoms with E-state index in [0.29, 0.717) is 24.6 Å². The van der Waals surface area contributed by atoms with Crippen molar-refractivity contribution in [3.05, 3.63) is 0 Å². The highest BCUT2D eigenvalue weighted by Crippen LogP contribution is 2.28. The molecule has 3 N–H and O–H groups in total. The summed E-state index contributed by atoms with van der Waals surface area (Å²) in [6.07, 6.45) is 3.18. The second-order valence-corrected chi connectivity index (χ2v) is 5.82. The molecule has 0 spiro atoms. The smallest absolute Gasteiger partial charge is 0.233 e. The molecule has 0 saturated heterocycles. The van der Waals surface area contributed by atoms with Crippen LogP contribution in [0.2, 0.25) is 0 Å². The van der Waals surface area contributed by atoms with Crippen molar-refractivity contribution in [3.8, 4) is 0 Å². The molecule has 0 aromatic heterocycles. The summed E-state index contributed by atoms with van der Waals surface area (Å²) in [6.45, 7) is 5.19. The molecule has 1 fully saturated rings. The highest BCUT2D eigenvalue weighted by atomic mass is 16.5. The van der Waals surface area contributed by atoms with E-state index in [4.69, 9.17) is 10.5 Å². The van der Waals surface area contributed by atoms with Gasteiger partial charge in [0.15, 0.2) is 0 Å². The van der Waals surface area contributed by atoms with Gasteiger partial charge in [0.25, 0.3) is 0 Å². The zero-order chi connectivity index (χ0) is 14.4. The van der Waals surface area contributed by atoms with Gasteiger partial charge in [-0.1, -0.05) is 0 Å². The predicted octanol–water partition coefficient (Wildman–Crippen LogP) is 0.585. The Morgan fingerprint density at radius 3 is 2.68 bits per heavy atom. The zero-order valence-electron chi connectivity index (χ0n) is 12.7. The summed E-state index contributed by atoms with van der Waals surface area (Å²) in [5.74, 6) is 0.308. The Balaban J connectivity index is 2.61. The molecular weight excluding hydrogens is 242 g/mol. The molecule has 5 heteroatoms. The van der Waals surface area contributed by atoms with Crippen LogP contribution in [0.1, 0.15) is 33.1 Å². The summed E-state index contributed by atoms with van der Waals surface area (Å²) >= 11 is 0. The van der Waals surface area contributed by atoms with Crippen molar-refractivity contribution in [2.75, 3.05) is 27.3 Å². The van der Waals surface area contributed by atoms with Crippen molar-refractivity contribution in [2.45, 2.75) is 51.2 Å². The highest BCUT2D eigenvalue weighted by Gasteiger charge is 2.33. The van der Waals surface area contributed by atoms with Crippen LogP contribution in [0, 0.1) is 5.92 Å². The SMILES string of the molecule is COC[C@@H]1C[C@H](N(C)C(C)C)CC[C@@H]1NC(=O)CN. The fraction of sp³-hybridized carbons (Fsp3) is 0.929. The van der Waals surface area contributed by atoms with Crippen LogP contribution in [0.5, 0.6) is 0 Å². The van der Waals surface area contributed by atoms with E-state index in [2.05, 4.69) is 31.1 Å². The lowest BCUT2D eigenvalue weighted by atomic mass is 9.81. The lowest BCUT2D eigenvalue weighted by molar-refractivity contribution is -0.121. The fourth-order valence-electron chi connectivity index (χ4n) is 2.88. The molecule has 0 heterocycles. The molecule has 1 rings (SSSR count). The quantitative estimate of drug-likeness (QED) is 0.742. The first-order valence-corrected chi connectivity index (χ1v) is 7.19. The van der Waals surface area contributed by atoms with Gasteiger partial charge in [0.05, 0.1) is 13.2 Å². The van der Waals surface area contributed by atoms with Crippen molar-refractivity contribution < 1.29 is 9.53 Å². The van der Waals surface area contributed by atoms with Gasteiger partial charge in [-0.2, -0.15) is 0 Å². The maximum Gasteiger partial charge on any atom is 0.233 e. The van der Waals surface area contributed by atoms with Crippen molar-refractivity contribution >= 4 is 5.91 Å². The Kier molecular flexibility index (Phi) is 6.75. The van der Waals surface area contributed by atoms with Crippen LogP contribution in [0.15, 0.2) is 0 Å². The number of methoxy groups -OCH3 is 1. The van der Waals surface area contributed by atoms with Gasteiger partial charge in [0.1, 0.15) is 0 Å². The summed E-state index contributed by atoms with van der Waals surface area (Å²) in [7, 11) is 3.90. The molecule has 19 heavy (non-hydrogen) atoms. The molecule has 1 saturated carbocycles. The Bertz CT molecular complexity index is 284. The van der Waals surface area contributed by atoms with Crippen LogP contribution in [0.3, 0.4) is 0 Å². The molecule has 5 nitrogen and oxygen atoms in total. The van der Waals surface area contributed by atoms with E-state index < -0.39 is 0 Å². The molecule has 0 bridgehead atoms. The first kappa shape index (κ1) is 16.4. The van der Waals surface area contributed by atoms with Gasteiger partial charge in [-0.05, 0) is 40.2 Å². The number of carbonyl (C=O) groups is 1. The highest BCUT2D eigenvalue weighted by molar-refractivity contribution is 5.78. The second kappa shape index (κ2) is 7.82. The number of rotatable bonds is 6. The molecule has 3 atom stereocenters. The van der Waals surface area contributed by atoms with Gasteiger partial charge in [-0.15, -0.1) is 0 Å². The molecule has 0 aromatic rings. The van der Waals surface area contributed by atoms with E-state index >= 15 is 0 Å². The van der Waals surface area contributed by atoms with E-state index in [0.717, 1.165) is 19.3 Å². The molecule has 0 unspecified atom stereocenters.